The highest BCUT2D eigenvalue weighted by Gasteiger charge is 2.26. The van der Waals surface area contributed by atoms with Crippen LogP contribution in [0.15, 0.2) is 29.6 Å². The molecule has 158 valence electrons. The molecule has 8 nitrogen and oxygen atoms in total. The van der Waals surface area contributed by atoms with Crippen molar-refractivity contribution in [1.29, 1.82) is 0 Å². The zero-order valence-electron chi connectivity index (χ0n) is 17.5. The molecule has 2 aromatic heterocycles. The molecule has 1 aliphatic rings. The first-order valence-corrected chi connectivity index (χ1v) is 11.0. The Labute approximate surface area is 179 Å². The summed E-state index contributed by atoms with van der Waals surface area (Å²) < 4.78 is 5.13. The Hall–Kier alpha value is -2.94. The van der Waals surface area contributed by atoms with Gasteiger partial charge in [0.2, 0.25) is 0 Å². The fourth-order valence-electron chi connectivity index (χ4n) is 3.48. The van der Waals surface area contributed by atoms with Crippen molar-refractivity contribution in [2.24, 2.45) is 0 Å². The number of carbonyl (C=O) groups excluding carboxylic acids is 1. The van der Waals surface area contributed by atoms with Gasteiger partial charge in [-0.05, 0) is 32.9 Å². The second-order valence-electron chi connectivity index (χ2n) is 7.21. The van der Waals surface area contributed by atoms with Crippen molar-refractivity contribution in [1.82, 2.24) is 19.9 Å². The number of ether oxygens (including phenoxy) is 1. The Morgan fingerprint density at radius 3 is 2.50 bits per heavy atom. The van der Waals surface area contributed by atoms with Gasteiger partial charge in [-0.3, -0.25) is 0 Å². The summed E-state index contributed by atoms with van der Waals surface area (Å²) >= 11 is 1.64. The standard InChI is InChI=1S/C21H26N6O2S/c1-4-29-21(28)27-11-9-26(10-12-27)20-19(22-14(2)18-13-30-15(3)23-18)24-16-7-5-6-8-17(16)25-20/h5-8,13-14H,4,9-12H2,1-3H3,(H,22,24). The smallest absolute Gasteiger partial charge is 0.409 e. The molecule has 1 aliphatic heterocycles. The number of aryl methyl sites for hydroxylation is 1. The highest BCUT2D eigenvalue weighted by atomic mass is 32.1. The summed E-state index contributed by atoms with van der Waals surface area (Å²) in [6.45, 7) is 8.81. The van der Waals surface area contributed by atoms with Crippen LogP contribution in [0.4, 0.5) is 16.4 Å². The second kappa shape index (κ2) is 8.83. The summed E-state index contributed by atoms with van der Waals surface area (Å²) in [6.07, 6.45) is -0.257. The molecule has 1 unspecified atom stereocenters. The van der Waals surface area contributed by atoms with Gasteiger partial charge in [-0.15, -0.1) is 11.3 Å². The van der Waals surface area contributed by atoms with E-state index in [9.17, 15) is 4.79 Å². The molecule has 1 amide bonds. The van der Waals surface area contributed by atoms with Crippen LogP contribution in [0.5, 0.6) is 0 Å². The van der Waals surface area contributed by atoms with Crippen LogP contribution in [-0.4, -0.2) is 58.7 Å². The number of hydrogen-bond donors (Lipinski definition) is 1. The number of aromatic nitrogens is 3. The van der Waals surface area contributed by atoms with Crippen molar-refractivity contribution in [2.75, 3.05) is 43.0 Å². The number of amides is 1. The number of piperazine rings is 1. The number of fused-ring (bicyclic) bond motifs is 1. The van der Waals surface area contributed by atoms with Crippen LogP contribution in [0.25, 0.3) is 11.0 Å². The number of anilines is 2. The lowest BCUT2D eigenvalue weighted by Gasteiger charge is -2.35. The number of thiazole rings is 1. The van der Waals surface area contributed by atoms with Crippen LogP contribution in [-0.2, 0) is 4.74 Å². The Bertz CT molecular complexity index is 1030. The molecule has 0 aliphatic carbocycles. The maximum absolute atomic E-state index is 12.0. The molecule has 4 rings (SSSR count). The number of nitrogens with one attached hydrogen (secondary N) is 1. The zero-order valence-corrected chi connectivity index (χ0v) is 18.3. The first-order chi connectivity index (χ1) is 14.5. The number of para-hydroxylation sites is 2. The van der Waals surface area contributed by atoms with E-state index in [1.54, 1.807) is 16.2 Å². The number of hydrogen-bond acceptors (Lipinski definition) is 8. The summed E-state index contributed by atoms with van der Waals surface area (Å²) in [5, 5.41) is 6.62. The van der Waals surface area contributed by atoms with Crippen molar-refractivity contribution in [2.45, 2.75) is 26.8 Å². The van der Waals surface area contributed by atoms with E-state index in [4.69, 9.17) is 14.7 Å². The lowest BCUT2D eigenvalue weighted by Crippen LogP contribution is -2.49. The molecule has 1 atom stereocenters. The van der Waals surface area contributed by atoms with Gasteiger partial charge >= 0.3 is 6.09 Å². The number of nitrogens with zero attached hydrogens (tertiary/aromatic N) is 5. The molecular formula is C21H26N6O2S. The number of rotatable bonds is 5. The average molecular weight is 427 g/mol. The third kappa shape index (κ3) is 4.30. The molecule has 1 aromatic carbocycles. The molecule has 0 spiro atoms. The van der Waals surface area contributed by atoms with Crippen molar-refractivity contribution in [3.05, 3.63) is 40.3 Å². The summed E-state index contributed by atoms with van der Waals surface area (Å²) in [6, 6.07) is 7.87. The SMILES string of the molecule is CCOC(=O)N1CCN(c2nc3ccccc3nc2NC(C)c2csc(C)n2)CC1. The summed E-state index contributed by atoms with van der Waals surface area (Å²) in [5.41, 5.74) is 2.68. The highest BCUT2D eigenvalue weighted by molar-refractivity contribution is 7.09. The van der Waals surface area contributed by atoms with Gasteiger partial charge in [-0.25, -0.2) is 19.7 Å². The molecule has 0 saturated carbocycles. The minimum atomic E-state index is -0.257. The molecule has 1 saturated heterocycles. The minimum Gasteiger partial charge on any atom is -0.450 e. The monoisotopic (exact) mass is 426 g/mol. The molecule has 3 heterocycles. The van der Waals surface area contributed by atoms with Gasteiger partial charge < -0.3 is 19.9 Å². The van der Waals surface area contributed by atoms with Crippen LogP contribution in [0.2, 0.25) is 0 Å². The minimum absolute atomic E-state index is 0.00461. The van der Waals surface area contributed by atoms with Crippen LogP contribution in [0, 0.1) is 6.92 Å². The van der Waals surface area contributed by atoms with E-state index in [0.29, 0.717) is 32.8 Å². The Morgan fingerprint density at radius 1 is 1.17 bits per heavy atom. The van der Waals surface area contributed by atoms with Gasteiger partial charge in [0.1, 0.15) is 0 Å². The molecule has 0 radical (unpaired) electrons. The van der Waals surface area contributed by atoms with E-state index in [-0.39, 0.29) is 12.1 Å². The predicted octanol–water partition coefficient (Wildman–Crippen LogP) is 3.85. The first-order valence-electron chi connectivity index (χ1n) is 10.2. The number of carbonyl (C=O) groups is 1. The van der Waals surface area contributed by atoms with Gasteiger partial charge in [-0.1, -0.05) is 12.1 Å². The van der Waals surface area contributed by atoms with Crippen molar-refractivity contribution in [3.8, 4) is 0 Å². The van der Waals surface area contributed by atoms with Gasteiger partial charge in [0.15, 0.2) is 11.6 Å². The predicted molar refractivity (Wildman–Crippen MR) is 119 cm³/mol. The van der Waals surface area contributed by atoms with Gasteiger partial charge in [0, 0.05) is 31.6 Å². The van der Waals surface area contributed by atoms with E-state index < -0.39 is 0 Å². The average Bonchev–Trinajstić information content (AvgIpc) is 3.20. The largest absolute Gasteiger partial charge is 0.450 e. The zero-order chi connectivity index (χ0) is 21.1. The normalized spacial score (nSPS) is 15.3. The third-order valence-electron chi connectivity index (χ3n) is 5.09. The van der Waals surface area contributed by atoms with E-state index in [1.165, 1.54) is 0 Å². The van der Waals surface area contributed by atoms with Gasteiger partial charge in [0.05, 0.1) is 34.4 Å². The lowest BCUT2D eigenvalue weighted by molar-refractivity contribution is 0.105. The number of benzene rings is 1. The van der Waals surface area contributed by atoms with Gasteiger partial charge in [-0.2, -0.15) is 0 Å². The third-order valence-corrected chi connectivity index (χ3v) is 5.88. The van der Waals surface area contributed by atoms with Crippen molar-refractivity contribution in [3.63, 3.8) is 0 Å². The second-order valence-corrected chi connectivity index (χ2v) is 8.28. The van der Waals surface area contributed by atoms with Crippen molar-refractivity contribution >= 4 is 40.1 Å². The Morgan fingerprint density at radius 2 is 1.87 bits per heavy atom. The molecule has 30 heavy (non-hydrogen) atoms. The fourth-order valence-corrected chi connectivity index (χ4v) is 4.19. The summed E-state index contributed by atoms with van der Waals surface area (Å²) in [7, 11) is 0. The maximum Gasteiger partial charge on any atom is 0.409 e. The molecule has 9 heteroatoms. The molecule has 1 fully saturated rings. The van der Waals surface area contributed by atoms with E-state index in [1.807, 2.05) is 38.1 Å². The molecule has 0 bridgehead atoms. The van der Waals surface area contributed by atoms with E-state index in [0.717, 1.165) is 33.4 Å². The lowest BCUT2D eigenvalue weighted by atomic mass is 10.2. The van der Waals surface area contributed by atoms with Crippen LogP contribution in [0.1, 0.15) is 30.6 Å². The van der Waals surface area contributed by atoms with Gasteiger partial charge in [0.25, 0.3) is 0 Å². The van der Waals surface area contributed by atoms with E-state index >= 15 is 0 Å². The molecule has 1 N–H and O–H groups in total. The van der Waals surface area contributed by atoms with Crippen molar-refractivity contribution < 1.29 is 9.53 Å². The molecule has 3 aromatic rings. The Kier molecular flexibility index (Phi) is 5.98. The fraction of sp³-hybridized carbons (Fsp3) is 0.429. The van der Waals surface area contributed by atoms with Crippen LogP contribution in [0.3, 0.4) is 0 Å². The highest BCUT2D eigenvalue weighted by Crippen LogP contribution is 2.29. The Balaban J connectivity index is 1.60. The summed E-state index contributed by atoms with van der Waals surface area (Å²) in [5.74, 6) is 1.53. The first kappa shape index (κ1) is 20.3. The van der Waals surface area contributed by atoms with Crippen LogP contribution >= 0.6 is 11.3 Å². The topological polar surface area (TPSA) is 83.5 Å². The van der Waals surface area contributed by atoms with E-state index in [2.05, 4.69) is 27.5 Å². The summed E-state index contributed by atoms with van der Waals surface area (Å²) in [4.78, 5) is 30.3. The maximum atomic E-state index is 12.0. The quantitative estimate of drug-likeness (QED) is 0.663. The van der Waals surface area contributed by atoms with Crippen LogP contribution < -0.4 is 10.2 Å². The molecular weight excluding hydrogens is 400 g/mol.